The lowest BCUT2D eigenvalue weighted by Gasteiger charge is -2.39. The minimum absolute atomic E-state index is 0.0624. The fourth-order valence-electron chi connectivity index (χ4n) is 4.32. The highest BCUT2D eigenvalue weighted by atomic mass is 16.6. The number of fused-ring (bicyclic) bond motifs is 1. The summed E-state index contributed by atoms with van der Waals surface area (Å²) in [4.78, 5) is 30.4. The van der Waals surface area contributed by atoms with Crippen molar-refractivity contribution in [3.05, 3.63) is 118 Å². The zero-order valence-electron chi connectivity index (χ0n) is 17.9. The van der Waals surface area contributed by atoms with Crippen LogP contribution in [0.1, 0.15) is 45.6 Å². The quantitative estimate of drug-likeness (QED) is 0.334. The number of rotatable bonds is 4. The van der Waals surface area contributed by atoms with Crippen LogP contribution < -0.4 is 4.90 Å². The molecule has 8 nitrogen and oxygen atoms in total. The third kappa shape index (κ3) is 3.76. The summed E-state index contributed by atoms with van der Waals surface area (Å²) in [5.74, 6) is 0.167. The number of hydrogen-bond donors (Lipinski definition) is 0. The second kappa shape index (κ2) is 8.31. The molecule has 1 amide bonds. The van der Waals surface area contributed by atoms with Crippen molar-refractivity contribution in [2.24, 2.45) is 0 Å². The number of aromatic nitrogens is 3. The minimum Gasteiger partial charge on any atom is -0.269 e. The number of carbonyl (C=O) groups excluding carboxylic acids is 1. The second-order valence-corrected chi connectivity index (χ2v) is 8.07. The van der Waals surface area contributed by atoms with Crippen LogP contribution in [0.3, 0.4) is 0 Å². The molecule has 33 heavy (non-hydrogen) atoms. The van der Waals surface area contributed by atoms with Crippen LogP contribution >= 0.6 is 0 Å². The summed E-state index contributed by atoms with van der Waals surface area (Å²) >= 11 is 0. The molecule has 1 aliphatic heterocycles. The maximum absolute atomic E-state index is 13.7. The third-order valence-corrected chi connectivity index (χ3v) is 6.01. The normalized spacial score (nSPS) is 17.4. The minimum atomic E-state index is -0.481. The van der Waals surface area contributed by atoms with Gasteiger partial charge in [-0.1, -0.05) is 60.2 Å². The van der Waals surface area contributed by atoms with Gasteiger partial charge in [0.05, 0.1) is 17.0 Å². The summed E-state index contributed by atoms with van der Waals surface area (Å²) < 4.78 is 1.78. The molecule has 1 aromatic heterocycles. The van der Waals surface area contributed by atoms with Gasteiger partial charge in [-0.25, -0.2) is 4.68 Å². The van der Waals surface area contributed by atoms with Crippen LogP contribution in [-0.4, -0.2) is 25.6 Å². The molecule has 0 unspecified atom stereocenters. The van der Waals surface area contributed by atoms with Gasteiger partial charge in [-0.2, -0.15) is 10.1 Å². The summed E-state index contributed by atoms with van der Waals surface area (Å²) in [7, 11) is 0. The first-order valence-corrected chi connectivity index (χ1v) is 10.6. The van der Waals surface area contributed by atoms with Gasteiger partial charge >= 0.3 is 0 Å². The molecule has 5 rings (SSSR count). The zero-order valence-corrected chi connectivity index (χ0v) is 17.9. The summed E-state index contributed by atoms with van der Waals surface area (Å²) in [6, 6.07) is 23.4. The highest BCUT2D eigenvalue weighted by molar-refractivity contribution is 6.06. The number of amides is 1. The van der Waals surface area contributed by atoms with Crippen molar-refractivity contribution in [2.75, 3.05) is 4.90 Å². The molecule has 4 aromatic rings. The Morgan fingerprint density at radius 3 is 2.27 bits per heavy atom. The lowest BCUT2D eigenvalue weighted by atomic mass is 9.91. The third-order valence-electron chi connectivity index (χ3n) is 6.01. The van der Waals surface area contributed by atoms with Crippen LogP contribution in [0.2, 0.25) is 0 Å². The van der Waals surface area contributed by atoms with Crippen LogP contribution in [0, 0.1) is 17.0 Å². The standard InChI is InChI=1S/C25H21N5O3/c1-17-7-9-19(10-8-17)22-15-23(18-5-3-2-4-6-18)29-25(26-16-27-29)28(22)24(31)20-11-13-21(14-12-20)30(32)33/h2-14,16,22-23H,15H2,1H3/t22-,23-/m0/s1. The number of nitrogens with zero attached hydrogens (tertiary/aromatic N) is 5. The zero-order chi connectivity index (χ0) is 22.9. The predicted molar refractivity (Wildman–Crippen MR) is 123 cm³/mol. The van der Waals surface area contributed by atoms with Gasteiger partial charge in [-0.15, -0.1) is 0 Å². The van der Waals surface area contributed by atoms with Gasteiger partial charge in [0.15, 0.2) is 0 Å². The van der Waals surface area contributed by atoms with Crippen molar-refractivity contribution in [1.29, 1.82) is 0 Å². The first kappa shape index (κ1) is 20.6. The van der Waals surface area contributed by atoms with E-state index in [1.807, 2.05) is 49.4 Å². The molecule has 0 N–H and O–H groups in total. The van der Waals surface area contributed by atoms with Crippen LogP contribution in [0.5, 0.6) is 0 Å². The van der Waals surface area contributed by atoms with E-state index in [4.69, 9.17) is 0 Å². The van der Waals surface area contributed by atoms with Crippen molar-refractivity contribution in [2.45, 2.75) is 25.4 Å². The number of carbonyl (C=O) groups is 1. The molecular formula is C25H21N5O3. The van der Waals surface area contributed by atoms with E-state index in [1.54, 1.807) is 9.58 Å². The Balaban J connectivity index is 1.62. The van der Waals surface area contributed by atoms with Gasteiger partial charge in [-0.3, -0.25) is 19.8 Å². The van der Waals surface area contributed by atoms with E-state index in [1.165, 1.54) is 30.6 Å². The molecule has 3 aromatic carbocycles. The Morgan fingerprint density at radius 1 is 0.939 bits per heavy atom. The number of benzene rings is 3. The smallest absolute Gasteiger partial charge is 0.269 e. The average Bonchev–Trinajstić information content (AvgIpc) is 3.33. The highest BCUT2D eigenvalue weighted by Gasteiger charge is 2.39. The summed E-state index contributed by atoms with van der Waals surface area (Å²) in [5, 5.41) is 15.5. The lowest BCUT2D eigenvalue weighted by molar-refractivity contribution is -0.384. The van der Waals surface area contributed by atoms with Crippen molar-refractivity contribution in [1.82, 2.24) is 14.8 Å². The van der Waals surface area contributed by atoms with Crippen LogP contribution in [-0.2, 0) is 0 Å². The number of nitro benzene ring substituents is 1. The van der Waals surface area contributed by atoms with E-state index in [9.17, 15) is 14.9 Å². The SMILES string of the molecule is Cc1ccc([C@@H]2C[C@@H](c3ccccc3)n3ncnc3N2C(=O)c2ccc([N+](=O)[O-])cc2)cc1. The molecule has 0 bridgehead atoms. The first-order chi connectivity index (χ1) is 16.0. The number of aryl methyl sites for hydroxylation is 1. The van der Waals surface area contributed by atoms with Crippen LogP contribution in [0.15, 0.2) is 85.2 Å². The number of hydrogen-bond acceptors (Lipinski definition) is 5. The van der Waals surface area contributed by atoms with E-state index >= 15 is 0 Å². The van der Waals surface area contributed by atoms with Gasteiger partial charge in [0.25, 0.3) is 11.6 Å². The van der Waals surface area contributed by atoms with Gasteiger partial charge in [0.2, 0.25) is 5.95 Å². The molecular weight excluding hydrogens is 418 g/mol. The van der Waals surface area contributed by atoms with Gasteiger partial charge in [-0.05, 0) is 36.6 Å². The van der Waals surface area contributed by atoms with Crippen molar-refractivity contribution in [3.8, 4) is 0 Å². The predicted octanol–water partition coefficient (Wildman–Crippen LogP) is 4.88. The Kier molecular flexibility index (Phi) is 5.18. The van der Waals surface area contributed by atoms with Crippen LogP contribution in [0.4, 0.5) is 11.6 Å². The van der Waals surface area contributed by atoms with E-state index in [-0.39, 0.29) is 23.7 Å². The van der Waals surface area contributed by atoms with Gasteiger partial charge < -0.3 is 0 Å². The molecule has 0 aliphatic carbocycles. The molecule has 0 saturated heterocycles. The molecule has 0 radical (unpaired) electrons. The first-order valence-electron chi connectivity index (χ1n) is 10.6. The van der Waals surface area contributed by atoms with Crippen molar-refractivity contribution in [3.63, 3.8) is 0 Å². The molecule has 2 heterocycles. The van der Waals surface area contributed by atoms with Gasteiger partial charge in [0, 0.05) is 17.7 Å². The van der Waals surface area contributed by atoms with E-state index < -0.39 is 4.92 Å². The Bertz CT molecular complexity index is 1300. The Labute approximate surface area is 190 Å². The lowest BCUT2D eigenvalue weighted by Crippen LogP contribution is -2.42. The maximum atomic E-state index is 13.7. The maximum Gasteiger partial charge on any atom is 0.269 e. The van der Waals surface area contributed by atoms with Crippen LogP contribution in [0.25, 0.3) is 0 Å². The number of nitro groups is 1. The molecule has 1 aliphatic rings. The number of anilines is 1. The topological polar surface area (TPSA) is 94.2 Å². The highest BCUT2D eigenvalue weighted by Crippen LogP contribution is 2.42. The summed E-state index contributed by atoms with van der Waals surface area (Å²) in [6.07, 6.45) is 2.07. The average molecular weight is 439 g/mol. The van der Waals surface area contributed by atoms with E-state index in [0.29, 0.717) is 17.9 Å². The fourth-order valence-corrected chi connectivity index (χ4v) is 4.32. The molecule has 164 valence electrons. The fraction of sp³-hybridized carbons (Fsp3) is 0.160. The molecule has 0 fully saturated rings. The Morgan fingerprint density at radius 2 is 1.61 bits per heavy atom. The Hall–Kier alpha value is -4.33. The second-order valence-electron chi connectivity index (χ2n) is 8.07. The molecule has 8 heteroatoms. The molecule has 2 atom stereocenters. The molecule has 0 saturated carbocycles. The summed E-state index contributed by atoms with van der Waals surface area (Å²) in [6.45, 7) is 2.02. The van der Waals surface area contributed by atoms with Gasteiger partial charge in [0.1, 0.15) is 6.33 Å². The van der Waals surface area contributed by atoms with Crippen molar-refractivity contribution < 1.29 is 9.72 Å². The monoisotopic (exact) mass is 439 g/mol. The summed E-state index contributed by atoms with van der Waals surface area (Å²) in [5.41, 5.74) is 3.50. The largest absolute Gasteiger partial charge is 0.269 e. The number of non-ortho nitro benzene ring substituents is 1. The molecule has 0 spiro atoms. The van der Waals surface area contributed by atoms with E-state index in [2.05, 4.69) is 22.2 Å². The van der Waals surface area contributed by atoms with E-state index in [0.717, 1.165) is 16.7 Å². The van der Waals surface area contributed by atoms with Crippen molar-refractivity contribution >= 4 is 17.5 Å².